The molecule has 2 fully saturated rings. The summed E-state index contributed by atoms with van der Waals surface area (Å²) in [5, 5.41) is 14.5. The number of carbonyl (C=O) groups is 1. The normalized spacial score (nSPS) is 17.9. The van der Waals surface area contributed by atoms with Crippen LogP contribution in [0.5, 0.6) is 0 Å². The van der Waals surface area contributed by atoms with Gasteiger partial charge in [0.25, 0.3) is 5.91 Å². The number of nitrogens with zero attached hydrogens (tertiary/aromatic N) is 5. The molecule has 3 aromatic rings. The zero-order valence-electron chi connectivity index (χ0n) is 22.7. The van der Waals surface area contributed by atoms with E-state index in [1.54, 1.807) is 6.20 Å². The third-order valence-corrected chi connectivity index (χ3v) is 7.42. The van der Waals surface area contributed by atoms with Crippen molar-refractivity contribution < 1.29 is 4.79 Å². The number of piperidine rings is 1. The summed E-state index contributed by atoms with van der Waals surface area (Å²) < 4.78 is 0. The molecule has 0 bridgehead atoms. The Kier molecular flexibility index (Phi) is 8.93. The van der Waals surface area contributed by atoms with Crippen LogP contribution in [0.2, 0.25) is 0 Å². The summed E-state index contributed by atoms with van der Waals surface area (Å²) in [5.74, 6) is -0.261. The second kappa shape index (κ2) is 12.9. The summed E-state index contributed by atoms with van der Waals surface area (Å²) in [7, 11) is 0. The van der Waals surface area contributed by atoms with Gasteiger partial charge in [0, 0.05) is 57.1 Å². The molecule has 39 heavy (non-hydrogen) atoms. The molecule has 4 heterocycles. The van der Waals surface area contributed by atoms with Gasteiger partial charge < -0.3 is 10.6 Å². The van der Waals surface area contributed by atoms with Gasteiger partial charge in [-0.05, 0) is 80.0 Å². The Morgan fingerprint density at radius 2 is 1.92 bits per heavy atom. The van der Waals surface area contributed by atoms with Gasteiger partial charge in [-0.2, -0.15) is 5.10 Å². The number of likely N-dealkylation sites (tertiary alicyclic amines) is 1. The number of pyridine rings is 1. The van der Waals surface area contributed by atoms with Gasteiger partial charge in [0.15, 0.2) is 5.69 Å². The van der Waals surface area contributed by atoms with Gasteiger partial charge in [-0.15, -0.1) is 0 Å². The number of aromatic nitrogens is 3. The Bertz CT molecular complexity index is 1360. The molecule has 0 saturated carbocycles. The molecule has 0 radical (unpaired) electrons. The summed E-state index contributed by atoms with van der Waals surface area (Å²) in [6.45, 7) is 13.7. The zero-order valence-corrected chi connectivity index (χ0v) is 22.7. The Balaban J connectivity index is 1.31. The first-order valence-electron chi connectivity index (χ1n) is 13.8. The smallest absolute Gasteiger partial charge is 0.276 e. The number of aromatic amines is 1. The monoisotopic (exact) mass is 526 g/mol. The van der Waals surface area contributed by atoms with E-state index in [1.165, 1.54) is 19.3 Å². The molecular formula is C30H38N8O. The van der Waals surface area contributed by atoms with Crippen molar-refractivity contribution in [2.45, 2.75) is 32.7 Å². The lowest BCUT2D eigenvalue weighted by atomic mass is 10.0. The van der Waals surface area contributed by atoms with E-state index in [4.69, 9.17) is 0 Å². The van der Waals surface area contributed by atoms with Crippen molar-refractivity contribution in [1.29, 1.82) is 0 Å². The number of benzene rings is 1. The molecule has 5 rings (SSSR count). The maximum Gasteiger partial charge on any atom is 0.276 e. The van der Waals surface area contributed by atoms with Crippen molar-refractivity contribution in [3.8, 4) is 0 Å². The molecule has 0 aliphatic carbocycles. The minimum Gasteiger partial charge on any atom is -0.319 e. The molecule has 204 valence electrons. The lowest BCUT2D eigenvalue weighted by molar-refractivity contribution is 0.102. The van der Waals surface area contributed by atoms with Crippen LogP contribution in [0.4, 0.5) is 5.69 Å². The van der Waals surface area contributed by atoms with E-state index < -0.39 is 0 Å². The molecule has 9 heteroatoms. The second-order valence-electron chi connectivity index (χ2n) is 10.4. The fourth-order valence-corrected chi connectivity index (χ4v) is 5.37. The highest BCUT2D eigenvalue weighted by molar-refractivity contribution is 6.11. The number of rotatable bonds is 9. The van der Waals surface area contributed by atoms with Gasteiger partial charge in [0.2, 0.25) is 0 Å². The maximum atomic E-state index is 13.3. The lowest BCUT2D eigenvalue weighted by Gasteiger charge is -2.27. The van der Waals surface area contributed by atoms with Crippen LogP contribution < -0.4 is 10.6 Å². The predicted octanol–water partition coefficient (Wildman–Crippen LogP) is 4.09. The first-order chi connectivity index (χ1) is 19.1. The number of nitrogens with one attached hydrogen (secondary N) is 3. The highest BCUT2D eigenvalue weighted by atomic mass is 16.1. The Hall–Kier alpha value is -3.66. The quantitative estimate of drug-likeness (QED) is 0.287. The summed E-state index contributed by atoms with van der Waals surface area (Å²) in [4.78, 5) is 26.5. The van der Waals surface area contributed by atoms with E-state index in [0.29, 0.717) is 11.4 Å². The highest BCUT2D eigenvalue weighted by Crippen LogP contribution is 2.25. The molecule has 0 unspecified atom stereocenters. The molecule has 3 N–H and O–H groups in total. The molecule has 2 aliphatic rings. The lowest BCUT2D eigenvalue weighted by Crippen LogP contribution is -2.42. The number of piperazine rings is 1. The third kappa shape index (κ3) is 7.06. The molecule has 1 amide bonds. The Morgan fingerprint density at radius 3 is 2.72 bits per heavy atom. The number of H-pyrrole nitrogens is 1. The van der Waals surface area contributed by atoms with Gasteiger partial charge in [-0.1, -0.05) is 18.6 Å². The first kappa shape index (κ1) is 26.9. The molecular weight excluding hydrogens is 488 g/mol. The SMILES string of the molecule is C=N/C=C(\C=C(/C)c1ccc2[nH]nc(C(=O)Nc3cncc(CN4CCNCC4)c3)c2c1)CN1CCCCC1. The molecule has 2 saturated heterocycles. The molecule has 9 nitrogen and oxygen atoms in total. The number of amides is 1. The number of aliphatic imine (C=N–C) groups is 1. The van der Waals surface area contributed by atoms with E-state index in [9.17, 15) is 4.79 Å². The van der Waals surface area contributed by atoms with Gasteiger partial charge in [-0.3, -0.25) is 29.7 Å². The maximum absolute atomic E-state index is 13.3. The van der Waals surface area contributed by atoms with E-state index in [-0.39, 0.29) is 5.91 Å². The van der Waals surface area contributed by atoms with E-state index in [0.717, 1.165) is 85.5 Å². The molecule has 1 aromatic carbocycles. The predicted molar refractivity (Wildman–Crippen MR) is 158 cm³/mol. The summed E-state index contributed by atoms with van der Waals surface area (Å²) in [6, 6.07) is 8.04. The van der Waals surface area contributed by atoms with Gasteiger partial charge in [-0.25, -0.2) is 0 Å². The molecule has 2 aromatic heterocycles. The van der Waals surface area contributed by atoms with Crippen LogP contribution in [0, 0.1) is 0 Å². The number of carbonyl (C=O) groups excluding carboxylic acids is 1. The summed E-state index contributed by atoms with van der Waals surface area (Å²) >= 11 is 0. The highest BCUT2D eigenvalue weighted by Gasteiger charge is 2.17. The fourth-order valence-electron chi connectivity index (χ4n) is 5.37. The van der Waals surface area contributed by atoms with Gasteiger partial charge in [0.1, 0.15) is 0 Å². The van der Waals surface area contributed by atoms with Gasteiger partial charge >= 0.3 is 0 Å². The Morgan fingerprint density at radius 1 is 1.10 bits per heavy atom. The van der Waals surface area contributed by atoms with E-state index in [1.807, 2.05) is 30.6 Å². The van der Waals surface area contributed by atoms with Crippen molar-refractivity contribution in [2.75, 3.05) is 51.1 Å². The number of fused-ring (bicyclic) bond motifs is 1. The zero-order chi connectivity index (χ0) is 27.0. The van der Waals surface area contributed by atoms with Crippen LogP contribution in [-0.4, -0.2) is 83.4 Å². The van der Waals surface area contributed by atoms with Gasteiger partial charge in [0.05, 0.1) is 17.4 Å². The minimum absolute atomic E-state index is 0.261. The van der Waals surface area contributed by atoms with Crippen LogP contribution in [0.3, 0.4) is 0 Å². The molecule has 2 aliphatic heterocycles. The topological polar surface area (TPSA) is 102 Å². The van der Waals surface area contributed by atoms with Crippen molar-refractivity contribution in [2.24, 2.45) is 4.99 Å². The minimum atomic E-state index is -0.261. The molecule has 0 spiro atoms. The van der Waals surface area contributed by atoms with Crippen LogP contribution in [0.25, 0.3) is 16.5 Å². The number of hydrogen-bond acceptors (Lipinski definition) is 7. The standard InChI is InChI=1S/C30H38N8O/c1-22(14-23(17-31-2)20-37-10-4-3-5-11-37)25-6-7-28-27(16-25)29(36-35-28)30(39)34-26-15-24(18-33-19-26)21-38-12-8-32-9-13-38/h6-7,14-19,32H,2-5,8-13,20-21H2,1H3,(H,34,39)(H,35,36)/b22-14+,23-17+. The number of hydrogen-bond donors (Lipinski definition) is 3. The van der Waals surface area contributed by atoms with Crippen LogP contribution in [0.1, 0.15) is 47.8 Å². The average molecular weight is 527 g/mol. The molecule has 0 atom stereocenters. The summed E-state index contributed by atoms with van der Waals surface area (Å²) in [5.41, 5.74) is 6.19. The number of anilines is 1. The Labute approximate surface area is 230 Å². The van der Waals surface area contributed by atoms with E-state index in [2.05, 4.69) is 66.4 Å². The van der Waals surface area contributed by atoms with Crippen LogP contribution >= 0.6 is 0 Å². The van der Waals surface area contributed by atoms with Crippen molar-refractivity contribution >= 4 is 34.8 Å². The first-order valence-corrected chi connectivity index (χ1v) is 13.8. The van der Waals surface area contributed by atoms with Crippen molar-refractivity contribution in [3.63, 3.8) is 0 Å². The van der Waals surface area contributed by atoms with Crippen molar-refractivity contribution in [1.82, 2.24) is 30.3 Å². The van der Waals surface area contributed by atoms with Crippen LogP contribution in [0.15, 0.2) is 59.5 Å². The largest absolute Gasteiger partial charge is 0.319 e. The summed E-state index contributed by atoms with van der Waals surface area (Å²) in [6.07, 6.45) is 11.3. The van der Waals surface area contributed by atoms with Crippen molar-refractivity contribution in [3.05, 3.63) is 71.3 Å². The number of allylic oxidation sites excluding steroid dienone is 1. The second-order valence-corrected chi connectivity index (χ2v) is 10.4. The average Bonchev–Trinajstić information content (AvgIpc) is 3.38. The third-order valence-electron chi connectivity index (χ3n) is 7.42. The van der Waals surface area contributed by atoms with Crippen LogP contribution in [-0.2, 0) is 6.54 Å². The fraction of sp³-hybridized carbons (Fsp3) is 0.400. The van der Waals surface area contributed by atoms with E-state index >= 15 is 0 Å².